The summed E-state index contributed by atoms with van der Waals surface area (Å²) in [6, 6.07) is 5.10. The van der Waals surface area contributed by atoms with Gasteiger partial charge in [-0.2, -0.15) is 0 Å². The van der Waals surface area contributed by atoms with Gasteiger partial charge >= 0.3 is 0 Å². The smallest absolute Gasteiger partial charge is 0.248 e. The minimum absolute atomic E-state index is 0.445. The fourth-order valence-electron chi connectivity index (χ4n) is 0.933. The van der Waals surface area contributed by atoms with Crippen LogP contribution in [0.2, 0.25) is 0 Å². The van der Waals surface area contributed by atoms with Gasteiger partial charge in [-0.05, 0) is 31.3 Å². The molecule has 0 unspecified atom stereocenters. The third-order valence-corrected chi connectivity index (χ3v) is 1.66. The lowest BCUT2D eigenvalue weighted by atomic mass is 10.1. The standard InChI is InChI=1S/C9H10N2O/c1-6-3-4-7(9(10)12)5-8(6)11-2/h3-5H,2H2,1H3,(H2,10,12). The van der Waals surface area contributed by atoms with Crippen molar-refractivity contribution >= 4 is 18.3 Å². The number of aryl methyl sites for hydroxylation is 1. The monoisotopic (exact) mass is 162 g/mol. The molecule has 1 amide bonds. The maximum Gasteiger partial charge on any atom is 0.248 e. The van der Waals surface area contributed by atoms with Gasteiger partial charge in [-0.15, -0.1) is 0 Å². The molecule has 0 aliphatic heterocycles. The van der Waals surface area contributed by atoms with E-state index in [1.165, 1.54) is 0 Å². The quantitative estimate of drug-likeness (QED) is 0.657. The fraction of sp³-hybridized carbons (Fsp3) is 0.111. The Hall–Kier alpha value is -1.64. The molecule has 1 aromatic rings. The molecule has 0 saturated heterocycles. The van der Waals surface area contributed by atoms with Gasteiger partial charge in [0.2, 0.25) is 5.91 Å². The van der Waals surface area contributed by atoms with Crippen LogP contribution in [-0.4, -0.2) is 12.6 Å². The normalized spacial score (nSPS) is 9.42. The Morgan fingerprint density at radius 3 is 2.75 bits per heavy atom. The lowest BCUT2D eigenvalue weighted by molar-refractivity contribution is 0.100. The molecule has 2 N–H and O–H groups in total. The number of primary amides is 1. The zero-order valence-electron chi connectivity index (χ0n) is 6.87. The molecular formula is C9H10N2O. The Bertz CT molecular complexity index is 331. The van der Waals surface area contributed by atoms with E-state index in [4.69, 9.17) is 5.73 Å². The Kier molecular flexibility index (Phi) is 2.24. The molecule has 3 nitrogen and oxygen atoms in total. The number of hydrogen-bond acceptors (Lipinski definition) is 2. The van der Waals surface area contributed by atoms with Crippen molar-refractivity contribution in [3.63, 3.8) is 0 Å². The van der Waals surface area contributed by atoms with Crippen LogP contribution in [-0.2, 0) is 0 Å². The molecule has 0 aliphatic rings. The highest BCUT2D eigenvalue weighted by Crippen LogP contribution is 2.18. The van der Waals surface area contributed by atoms with E-state index in [2.05, 4.69) is 11.7 Å². The van der Waals surface area contributed by atoms with Gasteiger partial charge in [-0.1, -0.05) is 6.07 Å². The highest BCUT2D eigenvalue weighted by Gasteiger charge is 2.02. The number of carbonyl (C=O) groups excluding carboxylic acids is 1. The van der Waals surface area contributed by atoms with Gasteiger partial charge < -0.3 is 5.73 Å². The van der Waals surface area contributed by atoms with Crippen LogP contribution in [0.4, 0.5) is 5.69 Å². The number of aliphatic imine (C=N–C) groups is 1. The van der Waals surface area contributed by atoms with Crippen molar-refractivity contribution in [1.29, 1.82) is 0 Å². The second-order valence-electron chi connectivity index (χ2n) is 2.52. The summed E-state index contributed by atoms with van der Waals surface area (Å²) in [6.45, 7) is 5.29. The molecule has 0 aliphatic carbocycles. The van der Waals surface area contributed by atoms with E-state index in [9.17, 15) is 4.79 Å². The summed E-state index contributed by atoms with van der Waals surface area (Å²) in [5, 5.41) is 0. The van der Waals surface area contributed by atoms with E-state index in [1.54, 1.807) is 18.2 Å². The van der Waals surface area contributed by atoms with Gasteiger partial charge in [0, 0.05) is 5.56 Å². The van der Waals surface area contributed by atoms with Crippen LogP contribution in [0.15, 0.2) is 23.2 Å². The average Bonchev–Trinajstić information content (AvgIpc) is 2.05. The molecule has 3 heteroatoms. The highest BCUT2D eigenvalue weighted by molar-refractivity contribution is 5.93. The first-order valence-electron chi connectivity index (χ1n) is 3.52. The van der Waals surface area contributed by atoms with Gasteiger partial charge in [0.15, 0.2) is 0 Å². The molecule has 0 spiro atoms. The van der Waals surface area contributed by atoms with Crippen molar-refractivity contribution in [2.75, 3.05) is 0 Å². The topological polar surface area (TPSA) is 55.4 Å². The Morgan fingerprint density at radius 2 is 2.25 bits per heavy atom. The van der Waals surface area contributed by atoms with E-state index >= 15 is 0 Å². The van der Waals surface area contributed by atoms with E-state index in [0.717, 1.165) is 5.56 Å². The summed E-state index contributed by atoms with van der Waals surface area (Å²) in [4.78, 5) is 14.5. The predicted octanol–water partition coefficient (Wildman–Crippen LogP) is 1.43. The van der Waals surface area contributed by atoms with Crippen LogP contribution in [0.5, 0.6) is 0 Å². The lowest BCUT2D eigenvalue weighted by Crippen LogP contribution is -2.10. The predicted molar refractivity (Wildman–Crippen MR) is 48.9 cm³/mol. The molecule has 0 aromatic heterocycles. The first-order chi connectivity index (χ1) is 5.65. The minimum atomic E-state index is -0.445. The number of amides is 1. The molecule has 0 atom stereocenters. The van der Waals surface area contributed by atoms with Crippen molar-refractivity contribution in [2.45, 2.75) is 6.92 Å². The lowest BCUT2D eigenvalue weighted by Gasteiger charge is -2.00. The minimum Gasteiger partial charge on any atom is -0.366 e. The molecular weight excluding hydrogens is 152 g/mol. The number of nitrogens with zero attached hydrogens (tertiary/aromatic N) is 1. The molecule has 1 rings (SSSR count). The summed E-state index contributed by atoms with van der Waals surface area (Å²) in [7, 11) is 0. The molecule has 0 saturated carbocycles. The molecule has 12 heavy (non-hydrogen) atoms. The first-order valence-corrected chi connectivity index (χ1v) is 3.52. The Labute approximate surface area is 70.9 Å². The zero-order chi connectivity index (χ0) is 9.14. The van der Waals surface area contributed by atoms with Crippen LogP contribution in [0.1, 0.15) is 15.9 Å². The average molecular weight is 162 g/mol. The number of nitrogens with two attached hydrogens (primary N) is 1. The maximum absolute atomic E-state index is 10.7. The van der Waals surface area contributed by atoms with E-state index in [0.29, 0.717) is 11.3 Å². The van der Waals surface area contributed by atoms with Crippen molar-refractivity contribution < 1.29 is 4.79 Å². The number of benzene rings is 1. The number of rotatable bonds is 2. The van der Waals surface area contributed by atoms with Crippen LogP contribution in [0.3, 0.4) is 0 Å². The van der Waals surface area contributed by atoms with Crippen molar-refractivity contribution in [3.8, 4) is 0 Å². The van der Waals surface area contributed by atoms with Crippen molar-refractivity contribution in [1.82, 2.24) is 0 Å². The van der Waals surface area contributed by atoms with Gasteiger partial charge in [-0.3, -0.25) is 9.79 Å². The number of carbonyl (C=O) groups is 1. The molecule has 62 valence electrons. The van der Waals surface area contributed by atoms with E-state index in [1.807, 2.05) is 6.92 Å². The third kappa shape index (κ3) is 1.50. The second kappa shape index (κ2) is 3.17. The fourth-order valence-corrected chi connectivity index (χ4v) is 0.933. The van der Waals surface area contributed by atoms with E-state index in [-0.39, 0.29) is 0 Å². The largest absolute Gasteiger partial charge is 0.366 e. The molecule has 0 heterocycles. The van der Waals surface area contributed by atoms with Crippen LogP contribution >= 0.6 is 0 Å². The van der Waals surface area contributed by atoms with Gasteiger partial charge in [0.1, 0.15) is 0 Å². The van der Waals surface area contributed by atoms with Crippen molar-refractivity contribution in [3.05, 3.63) is 29.3 Å². The van der Waals surface area contributed by atoms with Crippen molar-refractivity contribution in [2.24, 2.45) is 10.7 Å². The van der Waals surface area contributed by atoms with Crippen LogP contribution < -0.4 is 5.73 Å². The maximum atomic E-state index is 10.7. The van der Waals surface area contributed by atoms with Gasteiger partial charge in [0.05, 0.1) is 5.69 Å². The van der Waals surface area contributed by atoms with Gasteiger partial charge in [-0.25, -0.2) is 0 Å². The zero-order valence-corrected chi connectivity index (χ0v) is 6.87. The summed E-state index contributed by atoms with van der Waals surface area (Å²) < 4.78 is 0. The molecule has 0 radical (unpaired) electrons. The van der Waals surface area contributed by atoms with E-state index < -0.39 is 5.91 Å². The number of hydrogen-bond donors (Lipinski definition) is 1. The Morgan fingerprint density at radius 1 is 1.58 bits per heavy atom. The summed E-state index contributed by atoms with van der Waals surface area (Å²) >= 11 is 0. The molecule has 0 bridgehead atoms. The van der Waals surface area contributed by atoms with Crippen LogP contribution in [0.25, 0.3) is 0 Å². The third-order valence-electron chi connectivity index (χ3n) is 1.66. The van der Waals surface area contributed by atoms with Gasteiger partial charge in [0.25, 0.3) is 0 Å². The summed E-state index contributed by atoms with van der Waals surface area (Å²) in [5.41, 5.74) is 7.23. The Balaban J connectivity index is 3.22. The summed E-state index contributed by atoms with van der Waals surface area (Å²) in [5.74, 6) is -0.445. The first kappa shape index (κ1) is 8.46. The SMILES string of the molecule is C=Nc1cc(C(N)=O)ccc1C. The summed E-state index contributed by atoms with van der Waals surface area (Å²) in [6.07, 6.45) is 0. The highest BCUT2D eigenvalue weighted by atomic mass is 16.1. The second-order valence-corrected chi connectivity index (χ2v) is 2.52. The molecule has 0 fully saturated rings. The van der Waals surface area contributed by atoms with Crippen LogP contribution in [0, 0.1) is 6.92 Å². The molecule has 1 aromatic carbocycles.